The Morgan fingerprint density at radius 3 is 2.81 bits per heavy atom. The Kier molecular flexibility index (Phi) is 3.51. The highest BCUT2D eigenvalue weighted by Gasteiger charge is 2.24. The summed E-state index contributed by atoms with van der Waals surface area (Å²) < 4.78 is 5.49. The van der Waals surface area contributed by atoms with Gasteiger partial charge in [-0.1, -0.05) is 17.7 Å². The zero-order valence-corrected chi connectivity index (χ0v) is 11.8. The van der Waals surface area contributed by atoms with Crippen LogP contribution < -0.4 is 10.3 Å². The van der Waals surface area contributed by atoms with Crippen LogP contribution in [-0.4, -0.2) is 34.2 Å². The van der Waals surface area contributed by atoms with Gasteiger partial charge < -0.3 is 14.7 Å². The molecule has 0 saturated heterocycles. The molecule has 0 unspecified atom stereocenters. The SMILES string of the molecule is Cc1ccc(OCC(=O)N2CCc3[nH][nH]c(=O)c3C2)cc1. The number of rotatable bonds is 3. The minimum Gasteiger partial charge on any atom is -0.484 e. The van der Waals surface area contributed by atoms with Gasteiger partial charge in [0.05, 0.1) is 12.1 Å². The van der Waals surface area contributed by atoms with Gasteiger partial charge in [0.1, 0.15) is 5.75 Å². The molecule has 0 fully saturated rings. The summed E-state index contributed by atoms with van der Waals surface area (Å²) >= 11 is 0. The van der Waals surface area contributed by atoms with Crippen LogP contribution in [0, 0.1) is 6.92 Å². The number of aromatic amines is 2. The van der Waals surface area contributed by atoms with Crippen LogP contribution in [0.3, 0.4) is 0 Å². The lowest BCUT2D eigenvalue weighted by Crippen LogP contribution is -2.40. The largest absolute Gasteiger partial charge is 0.484 e. The van der Waals surface area contributed by atoms with Crippen molar-refractivity contribution in [2.75, 3.05) is 13.2 Å². The third kappa shape index (κ3) is 2.84. The zero-order chi connectivity index (χ0) is 14.8. The van der Waals surface area contributed by atoms with E-state index in [1.54, 1.807) is 4.90 Å². The molecule has 0 aliphatic carbocycles. The number of hydrogen-bond acceptors (Lipinski definition) is 3. The van der Waals surface area contributed by atoms with E-state index in [-0.39, 0.29) is 18.1 Å². The molecule has 0 spiro atoms. The van der Waals surface area contributed by atoms with E-state index in [4.69, 9.17) is 4.74 Å². The number of carbonyl (C=O) groups is 1. The smallest absolute Gasteiger partial charge is 0.269 e. The first-order valence-corrected chi connectivity index (χ1v) is 6.89. The van der Waals surface area contributed by atoms with Crippen LogP contribution in [0.5, 0.6) is 5.75 Å². The van der Waals surface area contributed by atoms with E-state index in [1.807, 2.05) is 31.2 Å². The first kappa shape index (κ1) is 13.5. The topological polar surface area (TPSA) is 78.2 Å². The van der Waals surface area contributed by atoms with E-state index in [9.17, 15) is 9.59 Å². The average molecular weight is 287 g/mol. The standard InChI is InChI=1S/C15H17N3O3/c1-10-2-4-11(5-3-10)21-9-14(19)18-7-6-13-12(8-18)15(20)17-16-13/h2-5H,6-9H2,1H3,(H2,16,17,20). The van der Waals surface area contributed by atoms with E-state index in [0.717, 1.165) is 11.3 Å². The van der Waals surface area contributed by atoms with Gasteiger partial charge in [0, 0.05) is 18.7 Å². The molecule has 2 aromatic rings. The van der Waals surface area contributed by atoms with Gasteiger partial charge in [-0.15, -0.1) is 0 Å². The Labute approximate surface area is 121 Å². The van der Waals surface area contributed by atoms with Crippen molar-refractivity contribution in [2.24, 2.45) is 0 Å². The van der Waals surface area contributed by atoms with Gasteiger partial charge >= 0.3 is 0 Å². The number of hydrogen-bond donors (Lipinski definition) is 2. The first-order chi connectivity index (χ1) is 10.1. The minimum absolute atomic E-state index is 0.0132. The third-order valence-electron chi connectivity index (χ3n) is 3.68. The molecular weight excluding hydrogens is 270 g/mol. The molecule has 6 nitrogen and oxygen atoms in total. The van der Waals surface area contributed by atoms with Gasteiger partial charge in [-0.2, -0.15) is 0 Å². The molecule has 1 amide bonds. The maximum atomic E-state index is 12.2. The fourth-order valence-electron chi connectivity index (χ4n) is 2.40. The number of aromatic nitrogens is 2. The van der Waals surface area contributed by atoms with Gasteiger partial charge in [-0.05, 0) is 19.1 Å². The Morgan fingerprint density at radius 2 is 2.05 bits per heavy atom. The number of fused-ring (bicyclic) bond motifs is 1. The summed E-state index contributed by atoms with van der Waals surface area (Å²) in [6.45, 7) is 2.91. The summed E-state index contributed by atoms with van der Waals surface area (Å²) in [6, 6.07) is 7.56. The van der Waals surface area contributed by atoms with Crippen LogP contribution in [0.15, 0.2) is 29.1 Å². The Bertz CT molecular complexity index is 700. The molecule has 0 bridgehead atoms. The van der Waals surface area contributed by atoms with Crippen molar-refractivity contribution in [1.29, 1.82) is 0 Å². The van der Waals surface area contributed by atoms with Crippen molar-refractivity contribution in [1.82, 2.24) is 15.1 Å². The Hall–Kier alpha value is -2.50. The Morgan fingerprint density at radius 1 is 1.29 bits per heavy atom. The van der Waals surface area contributed by atoms with Crippen LogP contribution in [0.1, 0.15) is 16.8 Å². The van der Waals surface area contributed by atoms with Gasteiger partial charge in [0.2, 0.25) is 0 Å². The number of H-pyrrole nitrogens is 2. The maximum absolute atomic E-state index is 12.2. The van der Waals surface area contributed by atoms with Crippen molar-refractivity contribution >= 4 is 5.91 Å². The normalized spacial score (nSPS) is 13.9. The van der Waals surface area contributed by atoms with Crippen LogP contribution >= 0.6 is 0 Å². The van der Waals surface area contributed by atoms with Crippen molar-refractivity contribution in [3.8, 4) is 5.75 Å². The van der Waals surface area contributed by atoms with Gasteiger partial charge in [-0.25, -0.2) is 0 Å². The summed E-state index contributed by atoms with van der Waals surface area (Å²) in [7, 11) is 0. The number of amides is 1. The molecule has 3 rings (SSSR count). The second-order valence-corrected chi connectivity index (χ2v) is 5.20. The fourth-order valence-corrected chi connectivity index (χ4v) is 2.40. The predicted molar refractivity (Wildman–Crippen MR) is 77.2 cm³/mol. The predicted octanol–water partition coefficient (Wildman–Crippen LogP) is 0.975. The van der Waals surface area contributed by atoms with Crippen molar-refractivity contribution in [3.63, 3.8) is 0 Å². The Balaban J connectivity index is 1.60. The molecule has 110 valence electrons. The number of nitrogens with zero attached hydrogens (tertiary/aromatic N) is 1. The molecule has 1 aromatic heterocycles. The number of ether oxygens (including phenoxy) is 1. The summed E-state index contributed by atoms with van der Waals surface area (Å²) in [5.74, 6) is 0.563. The molecule has 0 atom stereocenters. The quantitative estimate of drug-likeness (QED) is 0.883. The number of benzene rings is 1. The number of nitrogens with one attached hydrogen (secondary N) is 2. The summed E-state index contributed by atoms with van der Waals surface area (Å²) in [4.78, 5) is 25.4. The molecule has 21 heavy (non-hydrogen) atoms. The van der Waals surface area contributed by atoms with Gasteiger partial charge in [0.25, 0.3) is 11.5 Å². The molecule has 6 heteroatoms. The number of aryl methyl sites for hydroxylation is 1. The highest BCUT2D eigenvalue weighted by Crippen LogP contribution is 2.15. The zero-order valence-electron chi connectivity index (χ0n) is 11.8. The monoisotopic (exact) mass is 287 g/mol. The molecule has 1 aromatic carbocycles. The molecule has 2 N–H and O–H groups in total. The van der Waals surface area contributed by atoms with Crippen LogP contribution in [0.2, 0.25) is 0 Å². The van der Waals surface area contributed by atoms with E-state index in [2.05, 4.69) is 10.2 Å². The van der Waals surface area contributed by atoms with Crippen LogP contribution in [0.4, 0.5) is 0 Å². The second-order valence-electron chi connectivity index (χ2n) is 5.20. The third-order valence-corrected chi connectivity index (χ3v) is 3.68. The number of carbonyl (C=O) groups excluding carboxylic acids is 1. The van der Waals surface area contributed by atoms with Crippen LogP contribution in [-0.2, 0) is 17.8 Å². The van der Waals surface area contributed by atoms with Crippen molar-refractivity contribution in [2.45, 2.75) is 19.9 Å². The summed E-state index contributed by atoms with van der Waals surface area (Å²) in [5.41, 5.74) is 2.53. The molecular formula is C15H17N3O3. The van der Waals surface area contributed by atoms with Crippen molar-refractivity contribution < 1.29 is 9.53 Å². The molecule has 1 aliphatic rings. The van der Waals surface area contributed by atoms with E-state index in [1.165, 1.54) is 0 Å². The van der Waals surface area contributed by atoms with E-state index < -0.39 is 0 Å². The van der Waals surface area contributed by atoms with Gasteiger partial charge in [0.15, 0.2) is 6.61 Å². The second kappa shape index (κ2) is 5.47. The van der Waals surface area contributed by atoms with Gasteiger partial charge in [-0.3, -0.25) is 14.7 Å². The first-order valence-electron chi connectivity index (χ1n) is 6.89. The lowest BCUT2D eigenvalue weighted by Gasteiger charge is -2.26. The molecule has 2 heterocycles. The summed E-state index contributed by atoms with van der Waals surface area (Å²) in [5, 5.41) is 5.39. The molecule has 1 aliphatic heterocycles. The lowest BCUT2D eigenvalue weighted by molar-refractivity contribution is -0.134. The van der Waals surface area contributed by atoms with E-state index >= 15 is 0 Å². The minimum atomic E-state index is -0.151. The molecule has 0 radical (unpaired) electrons. The summed E-state index contributed by atoms with van der Waals surface area (Å²) in [6.07, 6.45) is 0.657. The maximum Gasteiger partial charge on any atom is 0.269 e. The highest BCUT2D eigenvalue weighted by molar-refractivity contribution is 5.78. The average Bonchev–Trinajstić information content (AvgIpc) is 2.87. The molecule has 0 saturated carbocycles. The van der Waals surface area contributed by atoms with E-state index in [0.29, 0.717) is 30.8 Å². The lowest BCUT2D eigenvalue weighted by atomic mass is 10.1. The highest BCUT2D eigenvalue weighted by atomic mass is 16.5. The fraction of sp³-hybridized carbons (Fsp3) is 0.333. The van der Waals surface area contributed by atoms with Crippen molar-refractivity contribution in [3.05, 3.63) is 51.4 Å². The van der Waals surface area contributed by atoms with Crippen LogP contribution in [0.25, 0.3) is 0 Å².